The van der Waals surface area contributed by atoms with Gasteiger partial charge in [-0.1, -0.05) is 18.2 Å². The highest BCUT2D eigenvalue weighted by Crippen LogP contribution is 2.24. The molecule has 1 amide bonds. The van der Waals surface area contributed by atoms with E-state index in [-0.39, 0.29) is 11.4 Å². The summed E-state index contributed by atoms with van der Waals surface area (Å²) in [7, 11) is 0. The molecule has 0 aliphatic heterocycles. The van der Waals surface area contributed by atoms with Crippen LogP contribution in [-0.2, 0) is 5.75 Å². The van der Waals surface area contributed by atoms with Crippen molar-refractivity contribution in [2.75, 3.05) is 5.73 Å². The van der Waals surface area contributed by atoms with Gasteiger partial charge in [0.15, 0.2) is 0 Å². The monoisotopic (exact) mass is 274 g/mol. The number of nitrogen functional groups attached to an aromatic ring is 1. The summed E-state index contributed by atoms with van der Waals surface area (Å²) in [5.41, 5.74) is 12.2. The van der Waals surface area contributed by atoms with E-state index < -0.39 is 5.91 Å². The van der Waals surface area contributed by atoms with E-state index in [9.17, 15) is 4.79 Å². The van der Waals surface area contributed by atoms with Gasteiger partial charge >= 0.3 is 0 Å². The maximum atomic E-state index is 11.0. The number of anilines is 1. The second kappa shape index (κ2) is 5.71. The van der Waals surface area contributed by atoms with E-state index in [0.717, 1.165) is 0 Å². The summed E-state index contributed by atoms with van der Waals surface area (Å²) in [5, 5.41) is 0. The summed E-state index contributed by atoms with van der Waals surface area (Å²) < 4.78 is 0. The molecular formula is C13H14N4OS. The summed E-state index contributed by atoms with van der Waals surface area (Å²) in [6.07, 6.45) is 1.37. The molecule has 4 N–H and O–H groups in total. The minimum atomic E-state index is -0.615. The Balaban J connectivity index is 2.11. The molecule has 0 saturated carbocycles. The van der Waals surface area contributed by atoms with Crippen molar-refractivity contribution in [1.29, 1.82) is 0 Å². The minimum absolute atomic E-state index is 0.128. The number of aryl methyl sites for hydroxylation is 1. The van der Waals surface area contributed by atoms with Crippen molar-refractivity contribution in [3.8, 4) is 0 Å². The first-order valence-electron chi connectivity index (χ1n) is 5.67. The highest BCUT2D eigenvalue weighted by molar-refractivity contribution is 7.98. The molecule has 0 aliphatic rings. The second-order valence-electron chi connectivity index (χ2n) is 4.00. The van der Waals surface area contributed by atoms with Gasteiger partial charge in [0.1, 0.15) is 11.6 Å². The number of thioether (sulfide) groups is 1. The normalized spacial score (nSPS) is 10.4. The highest BCUT2D eigenvalue weighted by Gasteiger charge is 2.09. The van der Waals surface area contributed by atoms with E-state index in [0.29, 0.717) is 11.6 Å². The van der Waals surface area contributed by atoms with Gasteiger partial charge in [-0.3, -0.25) is 4.79 Å². The first-order valence-corrected chi connectivity index (χ1v) is 6.66. The molecule has 0 atom stereocenters. The van der Waals surface area contributed by atoms with Gasteiger partial charge in [-0.2, -0.15) is 0 Å². The lowest BCUT2D eigenvalue weighted by molar-refractivity contribution is 0.100. The van der Waals surface area contributed by atoms with Gasteiger partial charge in [-0.25, -0.2) is 9.97 Å². The number of benzene rings is 1. The van der Waals surface area contributed by atoms with Crippen molar-refractivity contribution >= 4 is 23.5 Å². The van der Waals surface area contributed by atoms with Crippen LogP contribution in [0.1, 0.15) is 21.7 Å². The number of nitrogens with two attached hydrogens (primary N) is 2. The molecule has 0 saturated heterocycles. The highest BCUT2D eigenvalue weighted by atomic mass is 32.2. The van der Waals surface area contributed by atoms with E-state index in [4.69, 9.17) is 11.5 Å². The predicted molar refractivity (Wildman–Crippen MR) is 75.7 cm³/mol. The Labute approximate surface area is 115 Å². The van der Waals surface area contributed by atoms with E-state index in [1.807, 2.05) is 31.2 Å². The summed E-state index contributed by atoms with van der Waals surface area (Å²) in [4.78, 5) is 20.4. The van der Waals surface area contributed by atoms with Crippen LogP contribution in [0.15, 0.2) is 35.4 Å². The van der Waals surface area contributed by atoms with Crippen LogP contribution >= 0.6 is 11.8 Å². The maximum Gasteiger partial charge on any atom is 0.254 e. The molecule has 6 heteroatoms. The summed E-state index contributed by atoms with van der Waals surface area (Å²) >= 11 is 1.63. The predicted octanol–water partition coefficient (Wildman–Crippen LogP) is 1.76. The third-order valence-electron chi connectivity index (χ3n) is 2.58. The van der Waals surface area contributed by atoms with Gasteiger partial charge < -0.3 is 11.5 Å². The van der Waals surface area contributed by atoms with E-state index in [1.54, 1.807) is 11.8 Å². The molecule has 2 aromatic rings. The molecule has 0 bridgehead atoms. The Kier molecular flexibility index (Phi) is 4.01. The lowest BCUT2D eigenvalue weighted by atomic mass is 10.2. The number of primary amides is 1. The third kappa shape index (κ3) is 3.23. The Hall–Kier alpha value is -2.08. The largest absolute Gasteiger partial charge is 0.383 e. The smallest absolute Gasteiger partial charge is 0.254 e. The zero-order valence-corrected chi connectivity index (χ0v) is 11.3. The van der Waals surface area contributed by atoms with Gasteiger partial charge in [0, 0.05) is 11.1 Å². The molecular weight excluding hydrogens is 260 g/mol. The van der Waals surface area contributed by atoms with Crippen molar-refractivity contribution in [3.05, 3.63) is 47.4 Å². The quantitative estimate of drug-likeness (QED) is 0.828. The summed E-state index contributed by atoms with van der Waals surface area (Å²) in [6.45, 7) is 2.05. The first-order chi connectivity index (χ1) is 9.08. The average molecular weight is 274 g/mol. The molecule has 5 nitrogen and oxygen atoms in total. The number of hydrogen-bond acceptors (Lipinski definition) is 5. The average Bonchev–Trinajstić information content (AvgIpc) is 2.37. The zero-order valence-electron chi connectivity index (χ0n) is 10.5. The molecule has 2 rings (SSSR count). The van der Waals surface area contributed by atoms with Crippen molar-refractivity contribution in [3.63, 3.8) is 0 Å². The summed E-state index contributed by atoms with van der Waals surface area (Å²) in [5.74, 6) is 0.683. The van der Waals surface area contributed by atoms with Crippen molar-refractivity contribution < 1.29 is 4.79 Å². The van der Waals surface area contributed by atoms with Crippen LogP contribution in [0.2, 0.25) is 0 Å². The molecule has 0 radical (unpaired) electrons. The van der Waals surface area contributed by atoms with Gasteiger partial charge in [-0.05, 0) is 18.6 Å². The topological polar surface area (TPSA) is 94.9 Å². The number of aromatic nitrogens is 2. The van der Waals surface area contributed by atoms with Crippen LogP contribution in [0, 0.1) is 6.92 Å². The van der Waals surface area contributed by atoms with Crippen LogP contribution in [0.5, 0.6) is 0 Å². The van der Waals surface area contributed by atoms with Crippen LogP contribution < -0.4 is 11.5 Å². The standard InChI is InChI=1S/C13H14N4OS/c1-8-4-2-3-5-10(8)19-7-11-16-6-9(13(15)18)12(14)17-11/h2-6H,7H2,1H3,(H2,15,18)(H2,14,16,17). The SMILES string of the molecule is Cc1ccccc1SCc1ncc(C(N)=O)c(N)n1. The Bertz CT molecular complexity index is 615. The van der Waals surface area contributed by atoms with Gasteiger partial charge in [-0.15, -0.1) is 11.8 Å². The number of carbonyl (C=O) groups excluding carboxylic acids is 1. The Morgan fingerprint density at radius 2 is 2.11 bits per heavy atom. The zero-order chi connectivity index (χ0) is 13.8. The van der Waals surface area contributed by atoms with E-state index in [1.165, 1.54) is 16.7 Å². The van der Waals surface area contributed by atoms with Crippen LogP contribution in [0.3, 0.4) is 0 Å². The minimum Gasteiger partial charge on any atom is -0.383 e. The number of carbonyl (C=O) groups is 1. The second-order valence-corrected chi connectivity index (χ2v) is 5.02. The van der Waals surface area contributed by atoms with E-state index >= 15 is 0 Å². The fourth-order valence-corrected chi connectivity index (χ4v) is 2.45. The number of amides is 1. The van der Waals surface area contributed by atoms with Crippen LogP contribution in [0.4, 0.5) is 5.82 Å². The molecule has 1 heterocycles. The first kappa shape index (κ1) is 13.4. The Morgan fingerprint density at radius 1 is 1.37 bits per heavy atom. The van der Waals surface area contributed by atoms with Crippen molar-refractivity contribution in [2.24, 2.45) is 5.73 Å². The molecule has 1 aromatic heterocycles. The lowest BCUT2D eigenvalue weighted by Crippen LogP contribution is -2.15. The van der Waals surface area contributed by atoms with Crippen molar-refractivity contribution in [2.45, 2.75) is 17.6 Å². The van der Waals surface area contributed by atoms with Gasteiger partial charge in [0.05, 0.1) is 11.3 Å². The van der Waals surface area contributed by atoms with Crippen LogP contribution in [-0.4, -0.2) is 15.9 Å². The Morgan fingerprint density at radius 3 is 2.74 bits per heavy atom. The number of hydrogen-bond donors (Lipinski definition) is 2. The van der Waals surface area contributed by atoms with Crippen molar-refractivity contribution in [1.82, 2.24) is 9.97 Å². The molecule has 0 aliphatic carbocycles. The van der Waals surface area contributed by atoms with Gasteiger partial charge in [0.25, 0.3) is 5.91 Å². The number of nitrogens with zero attached hydrogens (tertiary/aromatic N) is 2. The summed E-state index contributed by atoms with van der Waals surface area (Å²) in [6, 6.07) is 8.07. The fourth-order valence-electron chi connectivity index (χ4n) is 1.55. The maximum absolute atomic E-state index is 11.0. The molecule has 0 spiro atoms. The van der Waals surface area contributed by atoms with Crippen LogP contribution in [0.25, 0.3) is 0 Å². The third-order valence-corrected chi connectivity index (χ3v) is 3.76. The number of rotatable bonds is 4. The molecule has 19 heavy (non-hydrogen) atoms. The molecule has 1 aromatic carbocycles. The molecule has 0 fully saturated rings. The molecule has 0 unspecified atom stereocenters. The fraction of sp³-hybridized carbons (Fsp3) is 0.154. The molecule has 98 valence electrons. The van der Waals surface area contributed by atoms with E-state index in [2.05, 4.69) is 9.97 Å². The van der Waals surface area contributed by atoms with Gasteiger partial charge in [0.2, 0.25) is 0 Å². The lowest BCUT2D eigenvalue weighted by Gasteiger charge is -2.06.